The molecule has 0 saturated heterocycles. The molecule has 1 aliphatic rings. The number of thiophene rings is 1. The van der Waals surface area contributed by atoms with E-state index in [9.17, 15) is 4.79 Å². The number of hydrogen-bond donors (Lipinski definition) is 1. The van der Waals surface area contributed by atoms with Crippen LogP contribution >= 0.6 is 11.3 Å². The van der Waals surface area contributed by atoms with Crippen molar-refractivity contribution in [3.05, 3.63) is 51.6 Å². The summed E-state index contributed by atoms with van der Waals surface area (Å²) >= 11 is 1.66. The second kappa shape index (κ2) is 5.46. The lowest BCUT2D eigenvalue weighted by atomic mass is 9.91. The highest BCUT2D eigenvalue weighted by molar-refractivity contribution is 7.10. The summed E-state index contributed by atoms with van der Waals surface area (Å²) in [6.45, 7) is 3.81. The number of aromatic nitrogens is 6. The molecule has 4 aromatic heterocycles. The molecule has 0 aromatic carbocycles. The van der Waals surface area contributed by atoms with Crippen molar-refractivity contribution in [2.45, 2.75) is 26.2 Å². The Kier molecular flexibility index (Phi) is 3.20. The van der Waals surface area contributed by atoms with Crippen LogP contribution in [0.5, 0.6) is 0 Å². The van der Waals surface area contributed by atoms with E-state index in [4.69, 9.17) is 0 Å². The van der Waals surface area contributed by atoms with E-state index in [-0.39, 0.29) is 11.8 Å². The van der Waals surface area contributed by atoms with Crippen molar-refractivity contribution in [1.82, 2.24) is 29.6 Å². The molecule has 0 bridgehead atoms. The van der Waals surface area contributed by atoms with Gasteiger partial charge < -0.3 is 5.32 Å². The second-order valence-corrected chi connectivity index (χ2v) is 7.27. The van der Waals surface area contributed by atoms with Crippen molar-refractivity contribution >= 4 is 28.7 Å². The number of carbonyl (C=O) groups excluding carboxylic acids is 1. The normalized spacial score (nSPS) is 16.7. The number of aryl methyl sites for hydroxylation is 2. The van der Waals surface area contributed by atoms with Gasteiger partial charge in [0.05, 0.1) is 5.69 Å². The predicted molar refractivity (Wildman–Crippen MR) is 96.8 cm³/mol. The van der Waals surface area contributed by atoms with Gasteiger partial charge in [-0.25, -0.2) is 0 Å². The van der Waals surface area contributed by atoms with Gasteiger partial charge in [0.25, 0.3) is 0 Å². The quantitative estimate of drug-likeness (QED) is 0.589. The molecule has 4 aromatic rings. The zero-order chi connectivity index (χ0) is 17.8. The molecular weight excluding hydrogens is 350 g/mol. The number of carbonyl (C=O) groups is 1. The molecule has 1 atom stereocenters. The first kappa shape index (κ1) is 15.2. The Morgan fingerprint density at radius 1 is 1.19 bits per heavy atom. The SMILES string of the molecule is Cc1nn(-c2ccc3nnc(C)n3n2)c2c1[C@H](c1cccs1)CC(=O)N2. The van der Waals surface area contributed by atoms with E-state index < -0.39 is 0 Å². The summed E-state index contributed by atoms with van der Waals surface area (Å²) in [6, 6.07) is 7.75. The molecule has 0 radical (unpaired) electrons. The summed E-state index contributed by atoms with van der Waals surface area (Å²) in [6.07, 6.45) is 0.428. The van der Waals surface area contributed by atoms with Crippen LogP contribution in [0.2, 0.25) is 0 Å². The van der Waals surface area contributed by atoms with Gasteiger partial charge in [0.1, 0.15) is 5.82 Å². The average Bonchev–Trinajstić information content (AvgIpc) is 3.35. The van der Waals surface area contributed by atoms with E-state index in [1.54, 1.807) is 20.5 Å². The minimum Gasteiger partial charge on any atom is -0.310 e. The third kappa shape index (κ3) is 2.17. The summed E-state index contributed by atoms with van der Waals surface area (Å²) in [5.74, 6) is 2.00. The molecule has 0 saturated carbocycles. The summed E-state index contributed by atoms with van der Waals surface area (Å²) < 4.78 is 3.36. The fourth-order valence-corrected chi connectivity index (χ4v) is 4.28. The van der Waals surface area contributed by atoms with E-state index in [0.717, 1.165) is 11.3 Å². The summed E-state index contributed by atoms with van der Waals surface area (Å²) in [5.41, 5.74) is 2.61. The van der Waals surface area contributed by atoms with Crippen LogP contribution in [0.1, 0.15) is 34.3 Å². The number of anilines is 1. The zero-order valence-electron chi connectivity index (χ0n) is 14.2. The van der Waals surface area contributed by atoms with Gasteiger partial charge in [-0.1, -0.05) is 6.07 Å². The van der Waals surface area contributed by atoms with Crippen LogP contribution in [0.25, 0.3) is 11.5 Å². The van der Waals surface area contributed by atoms with Crippen molar-refractivity contribution in [3.63, 3.8) is 0 Å². The lowest BCUT2D eigenvalue weighted by Crippen LogP contribution is -2.24. The van der Waals surface area contributed by atoms with Gasteiger partial charge in [0.2, 0.25) is 5.91 Å². The Labute approximate surface area is 152 Å². The van der Waals surface area contributed by atoms with Crippen LogP contribution in [0.4, 0.5) is 5.82 Å². The Morgan fingerprint density at radius 2 is 2.08 bits per heavy atom. The average molecular weight is 365 g/mol. The number of fused-ring (bicyclic) bond motifs is 2. The van der Waals surface area contributed by atoms with Crippen molar-refractivity contribution in [2.75, 3.05) is 5.32 Å². The highest BCUT2D eigenvalue weighted by atomic mass is 32.1. The van der Waals surface area contributed by atoms with Gasteiger partial charge in [-0.3, -0.25) is 4.79 Å². The van der Waals surface area contributed by atoms with Crippen LogP contribution in [0, 0.1) is 13.8 Å². The smallest absolute Gasteiger partial charge is 0.226 e. The van der Waals surface area contributed by atoms with Crippen molar-refractivity contribution < 1.29 is 4.79 Å². The molecule has 0 fully saturated rings. The molecule has 0 unspecified atom stereocenters. The van der Waals surface area contributed by atoms with Crippen molar-refractivity contribution in [2.24, 2.45) is 0 Å². The van der Waals surface area contributed by atoms with Crippen LogP contribution in [0.3, 0.4) is 0 Å². The molecule has 130 valence electrons. The molecule has 1 N–H and O–H groups in total. The number of rotatable bonds is 2. The lowest BCUT2D eigenvalue weighted by Gasteiger charge is -2.23. The van der Waals surface area contributed by atoms with E-state index in [0.29, 0.717) is 29.5 Å². The Hall–Kier alpha value is -3.07. The van der Waals surface area contributed by atoms with Gasteiger partial charge in [-0.15, -0.1) is 26.6 Å². The monoisotopic (exact) mass is 365 g/mol. The molecule has 26 heavy (non-hydrogen) atoms. The number of nitrogens with one attached hydrogen (secondary N) is 1. The van der Waals surface area contributed by atoms with E-state index in [1.807, 2.05) is 37.4 Å². The minimum absolute atomic E-state index is 0.0152. The molecule has 8 nitrogen and oxygen atoms in total. The van der Waals surface area contributed by atoms with Crippen LogP contribution in [-0.2, 0) is 4.79 Å². The number of hydrogen-bond acceptors (Lipinski definition) is 6. The maximum Gasteiger partial charge on any atom is 0.226 e. The van der Waals surface area contributed by atoms with Crippen LogP contribution < -0.4 is 5.32 Å². The van der Waals surface area contributed by atoms with Gasteiger partial charge in [-0.2, -0.15) is 14.3 Å². The largest absolute Gasteiger partial charge is 0.310 e. The Balaban J connectivity index is 1.70. The first-order chi connectivity index (χ1) is 12.6. The molecule has 5 rings (SSSR count). The lowest BCUT2D eigenvalue weighted by molar-refractivity contribution is -0.116. The molecule has 1 aliphatic heterocycles. The zero-order valence-corrected chi connectivity index (χ0v) is 15.0. The third-order valence-electron chi connectivity index (χ3n) is 4.61. The second-order valence-electron chi connectivity index (χ2n) is 6.29. The molecular formula is C17H15N7OS. The standard InChI is InChI=1S/C17H15N7OS/c1-9-16-11(12-4-3-7-26-12)8-15(25)18-17(16)24(21-9)14-6-5-13-20-19-10(2)23(13)22-14/h3-7,11H,8H2,1-2H3,(H,18,25)/t11-/m0/s1. The molecule has 0 spiro atoms. The predicted octanol–water partition coefficient (Wildman–Crippen LogP) is 2.46. The van der Waals surface area contributed by atoms with Gasteiger partial charge in [0.15, 0.2) is 17.3 Å². The molecule has 9 heteroatoms. The highest BCUT2D eigenvalue weighted by Gasteiger charge is 2.33. The number of nitrogens with zero attached hydrogens (tertiary/aromatic N) is 6. The first-order valence-corrected chi connectivity index (χ1v) is 9.12. The topological polar surface area (TPSA) is 90.0 Å². The highest BCUT2D eigenvalue weighted by Crippen LogP contribution is 2.41. The van der Waals surface area contributed by atoms with Crippen molar-refractivity contribution in [3.8, 4) is 5.82 Å². The van der Waals surface area contributed by atoms with Gasteiger partial charge in [-0.05, 0) is 37.4 Å². The Bertz CT molecular complexity index is 1140. The molecule has 5 heterocycles. The maximum absolute atomic E-state index is 12.4. The Morgan fingerprint density at radius 3 is 2.88 bits per heavy atom. The van der Waals surface area contributed by atoms with Crippen molar-refractivity contribution in [1.29, 1.82) is 0 Å². The molecule has 0 aliphatic carbocycles. The first-order valence-electron chi connectivity index (χ1n) is 8.24. The van der Waals surface area contributed by atoms with E-state index in [1.165, 1.54) is 4.88 Å². The van der Waals surface area contributed by atoms with E-state index >= 15 is 0 Å². The number of amides is 1. The fraction of sp³-hybridized carbons (Fsp3) is 0.235. The fourth-order valence-electron chi connectivity index (χ4n) is 3.44. The summed E-state index contributed by atoms with van der Waals surface area (Å²) in [4.78, 5) is 13.5. The van der Waals surface area contributed by atoms with Crippen LogP contribution in [0.15, 0.2) is 29.6 Å². The summed E-state index contributed by atoms with van der Waals surface area (Å²) in [5, 5.41) is 22.4. The van der Waals surface area contributed by atoms with E-state index in [2.05, 4.69) is 31.8 Å². The third-order valence-corrected chi connectivity index (χ3v) is 5.60. The van der Waals surface area contributed by atoms with Gasteiger partial charge >= 0.3 is 0 Å². The minimum atomic E-state index is -0.0152. The summed E-state index contributed by atoms with van der Waals surface area (Å²) in [7, 11) is 0. The van der Waals surface area contributed by atoms with Crippen LogP contribution in [-0.4, -0.2) is 35.5 Å². The van der Waals surface area contributed by atoms with Gasteiger partial charge in [0, 0.05) is 22.8 Å². The molecule has 1 amide bonds. The maximum atomic E-state index is 12.4.